The minimum absolute atomic E-state index is 0.0124. The average Bonchev–Trinajstić information content (AvgIpc) is 3.13. The lowest BCUT2D eigenvalue weighted by atomic mass is 10.1. The monoisotopic (exact) mass is 351 g/mol. The van der Waals surface area contributed by atoms with Crippen LogP contribution in [-0.4, -0.2) is 58.9 Å². The van der Waals surface area contributed by atoms with Crippen molar-refractivity contribution >= 4 is 16.7 Å². The highest BCUT2D eigenvalue weighted by Gasteiger charge is 2.25. The predicted molar refractivity (Wildman–Crippen MR) is 93.9 cm³/mol. The summed E-state index contributed by atoms with van der Waals surface area (Å²) in [6, 6.07) is 7.48. The van der Waals surface area contributed by atoms with E-state index >= 15 is 0 Å². The number of carbonyl (C=O) groups excluding carboxylic acids is 1. The van der Waals surface area contributed by atoms with Gasteiger partial charge in [0.1, 0.15) is 12.4 Å². The molecule has 0 saturated carbocycles. The van der Waals surface area contributed by atoms with Crippen LogP contribution in [0.15, 0.2) is 24.3 Å². The number of nitrogens with zero attached hydrogens (tertiary/aromatic N) is 1. The van der Waals surface area contributed by atoms with Crippen molar-refractivity contribution in [1.82, 2.24) is 4.90 Å². The van der Waals surface area contributed by atoms with E-state index < -0.39 is 10.8 Å². The normalized spacial score (nSPS) is 27.0. The first-order valence-corrected chi connectivity index (χ1v) is 10.1. The van der Waals surface area contributed by atoms with Crippen molar-refractivity contribution in [2.24, 2.45) is 0 Å². The Hall–Kier alpha value is -1.40. The number of hydrogen-bond acceptors (Lipinski definition) is 4. The van der Waals surface area contributed by atoms with Gasteiger partial charge in [-0.25, -0.2) is 0 Å². The molecule has 0 radical (unpaired) electrons. The van der Waals surface area contributed by atoms with E-state index in [0.29, 0.717) is 23.7 Å². The van der Waals surface area contributed by atoms with E-state index in [2.05, 4.69) is 0 Å². The van der Waals surface area contributed by atoms with E-state index in [1.54, 1.807) is 4.90 Å². The summed E-state index contributed by atoms with van der Waals surface area (Å²) < 4.78 is 22.7. The number of amides is 1. The Morgan fingerprint density at radius 3 is 2.58 bits per heavy atom. The van der Waals surface area contributed by atoms with Crippen LogP contribution < -0.4 is 4.74 Å². The molecule has 2 heterocycles. The maximum atomic E-state index is 12.6. The molecule has 5 nitrogen and oxygen atoms in total. The second-order valence-corrected chi connectivity index (χ2v) is 8.16. The van der Waals surface area contributed by atoms with Crippen molar-refractivity contribution in [3.05, 3.63) is 29.8 Å². The average molecular weight is 351 g/mol. The van der Waals surface area contributed by atoms with Crippen LogP contribution in [0.1, 0.15) is 36.0 Å². The van der Waals surface area contributed by atoms with Gasteiger partial charge in [0.15, 0.2) is 0 Å². The molecule has 1 aromatic rings. The number of rotatable bonds is 5. The Kier molecular flexibility index (Phi) is 5.89. The van der Waals surface area contributed by atoms with E-state index in [9.17, 15) is 9.00 Å². The molecule has 0 unspecified atom stereocenters. The fourth-order valence-corrected chi connectivity index (χ4v) is 4.47. The van der Waals surface area contributed by atoms with E-state index in [1.165, 1.54) is 0 Å². The van der Waals surface area contributed by atoms with E-state index in [1.807, 2.05) is 31.3 Å². The summed E-state index contributed by atoms with van der Waals surface area (Å²) in [7, 11) is 1.13. The third-order valence-electron chi connectivity index (χ3n) is 4.79. The van der Waals surface area contributed by atoms with Crippen LogP contribution in [0.4, 0.5) is 0 Å². The highest BCUT2D eigenvalue weighted by molar-refractivity contribution is 7.85. The zero-order valence-electron chi connectivity index (χ0n) is 14.1. The van der Waals surface area contributed by atoms with Crippen LogP contribution in [0.2, 0.25) is 0 Å². The second kappa shape index (κ2) is 8.12. The summed E-state index contributed by atoms with van der Waals surface area (Å²) in [5.74, 6) is 2.16. The largest absolute Gasteiger partial charge is 0.491 e. The van der Waals surface area contributed by atoms with Crippen molar-refractivity contribution in [3.8, 4) is 5.75 Å². The first-order chi connectivity index (χ1) is 11.6. The van der Waals surface area contributed by atoms with Crippen LogP contribution in [0, 0.1) is 0 Å². The van der Waals surface area contributed by atoms with Gasteiger partial charge in [0, 0.05) is 47.6 Å². The van der Waals surface area contributed by atoms with Gasteiger partial charge in [-0.1, -0.05) is 0 Å². The Morgan fingerprint density at radius 2 is 1.96 bits per heavy atom. The molecule has 0 aliphatic carbocycles. The van der Waals surface area contributed by atoms with Crippen molar-refractivity contribution in [2.45, 2.75) is 37.8 Å². The molecule has 2 saturated heterocycles. The van der Waals surface area contributed by atoms with Crippen LogP contribution in [0.5, 0.6) is 5.75 Å². The van der Waals surface area contributed by atoms with E-state index in [-0.39, 0.29) is 18.1 Å². The van der Waals surface area contributed by atoms with Gasteiger partial charge in [-0.2, -0.15) is 0 Å². The second-order valence-electron chi connectivity index (χ2n) is 6.47. The fourth-order valence-electron chi connectivity index (χ4n) is 3.20. The van der Waals surface area contributed by atoms with Gasteiger partial charge < -0.3 is 14.4 Å². The summed E-state index contributed by atoms with van der Waals surface area (Å²) in [6.45, 7) is 1.38. The summed E-state index contributed by atoms with van der Waals surface area (Å²) in [4.78, 5) is 14.4. The van der Waals surface area contributed by atoms with Gasteiger partial charge in [-0.15, -0.1) is 0 Å². The van der Waals surface area contributed by atoms with Crippen LogP contribution in [-0.2, 0) is 15.5 Å². The maximum Gasteiger partial charge on any atom is 0.253 e. The maximum absolute atomic E-state index is 12.6. The molecule has 0 bridgehead atoms. The minimum atomic E-state index is -0.707. The molecule has 2 aliphatic rings. The molecule has 132 valence electrons. The molecule has 3 rings (SSSR count). The Bertz CT molecular complexity index is 573. The van der Waals surface area contributed by atoms with Crippen molar-refractivity contribution in [3.63, 3.8) is 0 Å². The van der Waals surface area contributed by atoms with Gasteiger partial charge in [-0.05, 0) is 49.9 Å². The molecule has 6 heteroatoms. The smallest absolute Gasteiger partial charge is 0.253 e. The quantitative estimate of drug-likeness (QED) is 0.816. The Morgan fingerprint density at radius 1 is 1.25 bits per heavy atom. The first kappa shape index (κ1) is 17.4. The molecule has 0 spiro atoms. The summed E-state index contributed by atoms with van der Waals surface area (Å²) >= 11 is 0. The van der Waals surface area contributed by atoms with Crippen molar-refractivity contribution in [2.75, 3.05) is 31.8 Å². The van der Waals surface area contributed by atoms with Crippen molar-refractivity contribution in [1.29, 1.82) is 0 Å². The summed E-state index contributed by atoms with van der Waals surface area (Å²) in [5.41, 5.74) is 0.661. The molecule has 1 atom stereocenters. The molecule has 2 fully saturated rings. The van der Waals surface area contributed by atoms with Gasteiger partial charge >= 0.3 is 0 Å². The van der Waals surface area contributed by atoms with Gasteiger partial charge in [0.25, 0.3) is 5.91 Å². The number of carbonyl (C=O) groups is 1. The van der Waals surface area contributed by atoms with Gasteiger partial charge in [0.05, 0.1) is 6.10 Å². The highest BCUT2D eigenvalue weighted by Crippen LogP contribution is 2.20. The molecule has 0 N–H and O–H groups in total. The number of hydrogen-bond donors (Lipinski definition) is 0. The van der Waals surface area contributed by atoms with Crippen LogP contribution >= 0.6 is 0 Å². The zero-order chi connectivity index (χ0) is 16.9. The van der Waals surface area contributed by atoms with Gasteiger partial charge in [-0.3, -0.25) is 9.00 Å². The minimum Gasteiger partial charge on any atom is -0.491 e. The summed E-state index contributed by atoms with van der Waals surface area (Å²) in [5, 5.41) is 0. The number of benzene rings is 1. The molecular formula is C18H25NO4S. The Labute approximate surface area is 145 Å². The lowest BCUT2D eigenvalue weighted by Crippen LogP contribution is -2.41. The van der Waals surface area contributed by atoms with E-state index in [4.69, 9.17) is 9.47 Å². The molecule has 1 aromatic carbocycles. The standard InChI is InChI=1S/C18H25NO4S/c1-19(15-8-11-24(21)12-9-15)18(20)14-4-6-16(7-5-14)23-13-17-3-2-10-22-17/h4-7,15,17H,2-3,8-13H2,1H3/t15?,17-,24?/m0/s1. The van der Waals surface area contributed by atoms with Crippen LogP contribution in [0.25, 0.3) is 0 Å². The molecule has 24 heavy (non-hydrogen) atoms. The molecule has 0 aromatic heterocycles. The molecule has 1 amide bonds. The highest BCUT2D eigenvalue weighted by atomic mass is 32.2. The first-order valence-electron chi connectivity index (χ1n) is 8.60. The molecule has 2 aliphatic heterocycles. The fraction of sp³-hybridized carbons (Fsp3) is 0.611. The van der Waals surface area contributed by atoms with Gasteiger partial charge in [0.2, 0.25) is 0 Å². The SMILES string of the molecule is CN(C(=O)c1ccc(OC[C@@H]2CCCO2)cc1)C1CCS(=O)CC1. The summed E-state index contributed by atoms with van der Waals surface area (Å²) in [6.07, 6.45) is 3.97. The van der Waals surface area contributed by atoms with E-state index in [0.717, 1.165) is 38.0 Å². The zero-order valence-corrected chi connectivity index (χ0v) is 14.9. The topological polar surface area (TPSA) is 55.8 Å². The number of ether oxygens (including phenoxy) is 2. The predicted octanol–water partition coefficient (Wildman–Crippen LogP) is 2.23. The third kappa shape index (κ3) is 4.36. The Balaban J connectivity index is 1.53. The van der Waals surface area contributed by atoms with Crippen LogP contribution in [0.3, 0.4) is 0 Å². The molecular weight excluding hydrogens is 326 g/mol. The lowest BCUT2D eigenvalue weighted by Gasteiger charge is -2.31. The third-order valence-corrected chi connectivity index (χ3v) is 6.17. The van der Waals surface area contributed by atoms with Crippen molar-refractivity contribution < 1.29 is 18.5 Å². The lowest BCUT2D eigenvalue weighted by molar-refractivity contribution is 0.0678.